The maximum absolute atomic E-state index is 13.3. The standard InChI is InChI=1S/C22H21N3O2S/c26-21(25-22-24-13-19(28-22)14-9-11-23-12-10-14)20-15-5-1-3-7-17(15)27-18-8-4-2-6-16(18)20/h1-8,13-14,20,23H,9-12H2,(H,24,25,26). The van der Waals surface area contributed by atoms with Crippen molar-refractivity contribution >= 4 is 22.4 Å². The highest BCUT2D eigenvalue weighted by Crippen LogP contribution is 2.44. The molecule has 1 saturated heterocycles. The van der Waals surface area contributed by atoms with Gasteiger partial charge in [-0.2, -0.15) is 0 Å². The van der Waals surface area contributed by atoms with E-state index in [1.54, 1.807) is 11.3 Å². The summed E-state index contributed by atoms with van der Waals surface area (Å²) in [4.78, 5) is 19.0. The van der Waals surface area contributed by atoms with Gasteiger partial charge in [0.05, 0.1) is 5.92 Å². The molecule has 0 radical (unpaired) electrons. The molecule has 0 unspecified atom stereocenters. The van der Waals surface area contributed by atoms with Crippen LogP contribution in [0.2, 0.25) is 0 Å². The van der Waals surface area contributed by atoms with Gasteiger partial charge in [0.15, 0.2) is 5.13 Å². The highest BCUT2D eigenvalue weighted by molar-refractivity contribution is 7.15. The molecule has 6 heteroatoms. The zero-order chi connectivity index (χ0) is 18.9. The first-order chi connectivity index (χ1) is 13.8. The van der Waals surface area contributed by atoms with Crippen molar-refractivity contribution in [2.24, 2.45) is 0 Å². The lowest BCUT2D eigenvalue weighted by molar-refractivity contribution is -0.116. The van der Waals surface area contributed by atoms with E-state index in [4.69, 9.17) is 4.74 Å². The van der Waals surface area contributed by atoms with E-state index < -0.39 is 5.92 Å². The van der Waals surface area contributed by atoms with E-state index in [1.807, 2.05) is 54.7 Å². The number of carbonyl (C=O) groups is 1. The second kappa shape index (κ2) is 7.37. The van der Waals surface area contributed by atoms with Gasteiger partial charge in [-0.3, -0.25) is 4.79 Å². The summed E-state index contributed by atoms with van der Waals surface area (Å²) in [5.74, 6) is 1.52. The lowest BCUT2D eigenvalue weighted by atomic mass is 9.87. The summed E-state index contributed by atoms with van der Waals surface area (Å²) >= 11 is 1.59. The van der Waals surface area contributed by atoms with Crippen LogP contribution in [0.25, 0.3) is 0 Å². The highest BCUT2D eigenvalue weighted by Gasteiger charge is 2.33. The van der Waals surface area contributed by atoms with Gasteiger partial charge in [-0.05, 0) is 44.0 Å². The van der Waals surface area contributed by atoms with Crippen molar-refractivity contribution in [3.63, 3.8) is 0 Å². The average Bonchev–Trinajstić information content (AvgIpc) is 3.21. The Morgan fingerprint density at radius 3 is 2.36 bits per heavy atom. The van der Waals surface area contributed by atoms with Crippen molar-refractivity contribution in [3.8, 4) is 11.5 Å². The number of nitrogens with one attached hydrogen (secondary N) is 2. The molecule has 0 atom stereocenters. The number of rotatable bonds is 3. The Balaban J connectivity index is 1.42. The molecule has 0 bridgehead atoms. The van der Waals surface area contributed by atoms with Gasteiger partial charge in [0.2, 0.25) is 5.91 Å². The molecule has 1 fully saturated rings. The Morgan fingerprint density at radius 1 is 1.04 bits per heavy atom. The van der Waals surface area contributed by atoms with Crippen LogP contribution < -0.4 is 15.4 Å². The molecule has 5 nitrogen and oxygen atoms in total. The Labute approximate surface area is 167 Å². The molecule has 28 heavy (non-hydrogen) atoms. The van der Waals surface area contributed by atoms with E-state index in [-0.39, 0.29) is 5.91 Å². The molecule has 142 valence electrons. The van der Waals surface area contributed by atoms with Crippen LogP contribution in [0.3, 0.4) is 0 Å². The van der Waals surface area contributed by atoms with E-state index in [9.17, 15) is 4.79 Å². The SMILES string of the molecule is O=C(Nc1ncc(C2CCNCC2)s1)C1c2ccccc2Oc2ccccc21. The number of benzene rings is 2. The fourth-order valence-corrected chi connectivity index (χ4v) is 5.00. The predicted molar refractivity (Wildman–Crippen MR) is 110 cm³/mol. The third-order valence-electron chi connectivity index (χ3n) is 5.44. The molecule has 2 N–H and O–H groups in total. The monoisotopic (exact) mass is 391 g/mol. The number of aromatic nitrogens is 1. The summed E-state index contributed by atoms with van der Waals surface area (Å²) in [6.07, 6.45) is 4.16. The molecular formula is C22H21N3O2S. The zero-order valence-electron chi connectivity index (χ0n) is 15.4. The summed E-state index contributed by atoms with van der Waals surface area (Å²) in [6.45, 7) is 2.08. The first-order valence-corrected chi connectivity index (χ1v) is 10.4. The van der Waals surface area contributed by atoms with Gasteiger partial charge in [0.25, 0.3) is 0 Å². The van der Waals surface area contributed by atoms with Gasteiger partial charge in [-0.25, -0.2) is 4.98 Å². The minimum atomic E-state index is -0.410. The first kappa shape index (κ1) is 17.4. The lowest BCUT2D eigenvalue weighted by Gasteiger charge is -2.27. The number of ether oxygens (including phenoxy) is 1. The maximum atomic E-state index is 13.3. The summed E-state index contributed by atoms with van der Waals surface area (Å²) in [5, 5.41) is 7.10. The smallest absolute Gasteiger partial charge is 0.238 e. The number of thiazole rings is 1. The average molecular weight is 391 g/mol. The molecule has 3 heterocycles. The van der Waals surface area contributed by atoms with Gasteiger partial charge in [-0.15, -0.1) is 11.3 Å². The summed E-state index contributed by atoms with van der Waals surface area (Å²) in [7, 11) is 0. The van der Waals surface area contributed by atoms with Crippen LogP contribution in [0.4, 0.5) is 5.13 Å². The number of piperidine rings is 1. The number of hydrogen-bond donors (Lipinski definition) is 2. The summed E-state index contributed by atoms with van der Waals surface area (Å²) < 4.78 is 5.99. The quantitative estimate of drug-likeness (QED) is 0.691. The van der Waals surface area contributed by atoms with Gasteiger partial charge in [0, 0.05) is 22.2 Å². The summed E-state index contributed by atoms with van der Waals surface area (Å²) in [5.41, 5.74) is 1.77. The Morgan fingerprint density at radius 2 is 1.68 bits per heavy atom. The Bertz CT molecular complexity index is 965. The van der Waals surface area contributed by atoms with E-state index in [2.05, 4.69) is 15.6 Å². The van der Waals surface area contributed by atoms with E-state index in [0.717, 1.165) is 48.6 Å². The Hall–Kier alpha value is -2.70. The molecule has 3 aromatic rings. The van der Waals surface area contributed by atoms with E-state index >= 15 is 0 Å². The number of hydrogen-bond acceptors (Lipinski definition) is 5. The molecule has 5 rings (SSSR count). The minimum Gasteiger partial charge on any atom is -0.457 e. The van der Waals surface area contributed by atoms with Crippen LogP contribution in [0.15, 0.2) is 54.7 Å². The number of amides is 1. The zero-order valence-corrected chi connectivity index (χ0v) is 16.2. The third-order valence-corrected chi connectivity index (χ3v) is 6.51. The molecule has 2 aromatic carbocycles. The van der Waals surface area contributed by atoms with Crippen molar-refractivity contribution in [2.75, 3.05) is 18.4 Å². The highest BCUT2D eigenvalue weighted by atomic mass is 32.1. The van der Waals surface area contributed by atoms with Crippen molar-refractivity contribution < 1.29 is 9.53 Å². The normalized spacial score (nSPS) is 16.7. The van der Waals surface area contributed by atoms with Crippen LogP contribution >= 0.6 is 11.3 Å². The van der Waals surface area contributed by atoms with Crippen molar-refractivity contribution in [1.82, 2.24) is 10.3 Å². The minimum absolute atomic E-state index is 0.0746. The number of fused-ring (bicyclic) bond motifs is 2. The number of nitrogens with zero attached hydrogens (tertiary/aromatic N) is 1. The molecule has 1 aromatic heterocycles. The van der Waals surface area contributed by atoms with Gasteiger partial charge in [-0.1, -0.05) is 36.4 Å². The molecule has 2 aliphatic rings. The van der Waals surface area contributed by atoms with Crippen LogP contribution in [0.5, 0.6) is 11.5 Å². The maximum Gasteiger partial charge on any atom is 0.238 e. The van der Waals surface area contributed by atoms with Crippen LogP contribution in [-0.2, 0) is 4.79 Å². The molecule has 0 aliphatic carbocycles. The molecule has 1 amide bonds. The largest absolute Gasteiger partial charge is 0.457 e. The lowest BCUT2D eigenvalue weighted by Crippen LogP contribution is -2.26. The molecular weight excluding hydrogens is 370 g/mol. The van der Waals surface area contributed by atoms with Crippen molar-refractivity contribution in [2.45, 2.75) is 24.7 Å². The van der Waals surface area contributed by atoms with Crippen molar-refractivity contribution in [3.05, 3.63) is 70.7 Å². The van der Waals surface area contributed by atoms with Crippen LogP contribution in [-0.4, -0.2) is 24.0 Å². The summed E-state index contributed by atoms with van der Waals surface area (Å²) in [6, 6.07) is 15.5. The number of carbonyl (C=O) groups excluding carboxylic acids is 1. The molecule has 2 aliphatic heterocycles. The van der Waals surface area contributed by atoms with E-state index in [1.165, 1.54) is 4.88 Å². The van der Waals surface area contributed by atoms with Crippen molar-refractivity contribution in [1.29, 1.82) is 0 Å². The van der Waals surface area contributed by atoms with Gasteiger partial charge < -0.3 is 15.4 Å². The topological polar surface area (TPSA) is 63.2 Å². The van der Waals surface area contributed by atoms with Gasteiger partial charge in [0.1, 0.15) is 11.5 Å². The first-order valence-electron chi connectivity index (χ1n) is 9.62. The fourth-order valence-electron chi connectivity index (χ4n) is 4.01. The van der Waals surface area contributed by atoms with E-state index in [0.29, 0.717) is 11.0 Å². The Kier molecular flexibility index (Phi) is 4.58. The fraction of sp³-hybridized carbons (Fsp3) is 0.273. The van der Waals surface area contributed by atoms with Gasteiger partial charge >= 0.3 is 0 Å². The number of para-hydroxylation sites is 2. The predicted octanol–water partition coefficient (Wildman–Crippen LogP) is 4.49. The third kappa shape index (κ3) is 3.19. The van der Waals surface area contributed by atoms with Crippen LogP contribution in [0, 0.1) is 0 Å². The second-order valence-electron chi connectivity index (χ2n) is 7.19. The molecule has 0 spiro atoms. The van der Waals surface area contributed by atoms with Crippen LogP contribution in [0.1, 0.15) is 40.7 Å². The number of anilines is 1. The molecule has 0 saturated carbocycles. The second-order valence-corrected chi connectivity index (χ2v) is 8.25.